The standard InChI is InChI=1S/C13H17N3O2/c17-13(18)9-1-4-12(14-7-9)15-10-5-6-16(8-10)11-2-3-11/h1,4,7,10-11H,2-3,5-6,8H2,(H,14,15)(H,17,18). The first-order valence-corrected chi connectivity index (χ1v) is 6.42. The van der Waals surface area contributed by atoms with Crippen LogP contribution in [0.25, 0.3) is 0 Å². The lowest BCUT2D eigenvalue weighted by Crippen LogP contribution is -2.27. The maximum atomic E-state index is 10.7. The van der Waals surface area contributed by atoms with Crippen LogP contribution in [0.5, 0.6) is 0 Å². The summed E-state index contributed by atoms with van der Waals surface area (Å²) in [5, 5.41) is 12.2. The first-order chi connectivity index (χ1) is 8.72. The normalized spacial score (nSPS) is 24.1. The minimum absolute atomic E-state index is 0.228. The molecule has 5 nitrogen and oxygen atoms in total. The molecule has 96 valence electrons. The molecular formula is C13H17N3O2. The molecule has 1 saturated carbocycles. The zero-order valence-corrected chi connectivity index (χ0v) is 10.2. The fourth-order valence-corrected chi connectivity index (χ4v) is 2.49. The molecule has 5 heteroatoms. The Morgan fingerprint density at radius 3 is 2.83 bits per heavy atom. The van der Waals surface area contributed by atoms with Gasteiger partial charge >= 0.3 is 5.97 Å². The van der Waals surface area contributed by atoms with Crippen LogP contribution in [0.3, 0.4) is 0 Å². The van der Waals surface area contributed by atoms with E-state index in [2.05, 4.69) is 15.2 Å². The monoisotopic (exact) mass is 247 g/mol. The number of nitrogens with one attached hydrogen (secondary N) is 1. The second kappa shape index (κ2) is 4.57. The molecule has 1 saturated heterocycles. The smallest absolute Gasteiger partial charge is 0.337 e. The summed E-state index contributed by atoms with van der Waals surface area (Å²) < 4.78 is 0. The summed E-state index contributed by atoms with van der Waals surface area (Å²) >= 11 is 0. The van der Waals surface area contributed by atoms with Gasteiger partial charge in [0.2, 0.25) is 0 Å². The lowest BCUT2D eigenvalue weighted by molar-refractivity contribution is 0.0696. The van der Waals surface area contributed by atoms with Crippen LogP contribution in [0.2, 0.25) is 0 Å². The Hall–Kier alpha value is -1.62. The van der Waals surface area contributed by atoms with Crippen LogP contribution in [0.15, 0.2) is 18.3 Å². The fourth-order valence-electron chi connectivity index (χ4n) is 2.49. The number of carboxylic acid groups (broad SMARTS) is 1. The number of carbonyl (C=O) groups is 1. The van der Waals surface area contributed by atoms with Gasteiger partial charge in [0.1, 0.15) is 5.82 Å². The van der Waals surface area contributed by atoms with Crippen molar-refractivity contribution in [1.82, 2.24) is 9.88 Å². The highest BCUT2D eigenvalue weighted by Gasteiger charge is 2.34. The molecule has 0 radical (unpaired) electrons. The van der Waals surface area contributed by atoms with Crippen molar-refractivity contribution in [2.75, 3.05) is 18.4 Å². The Kier molecular flexibility index (Phi) is 2.91. The first kappa shape index (κ1) is 11.5. The molecule has 3 rings (SSSR count). The number of rotatable bonds is 4. The van der Waals surface area contributed by atoms with Crippen molar-refractivity contribution in [1.29, 1.82) is 0 Å². The Morgan fingerprint density at radius 1 is 1.39 bits per heavy atom. The van der Waals surface area contributed by atoms with Crippen LogP contribution >= 0.6 is 0 Å². The fraction of sp³-hybridized carbons (Fsp3) is 0.538. The van der Waals surface area contributed by atoms with Gasteiger partial charge in [0.05, 0.1) is 5.56 Å². The maximum Gasteiger partial charge on any atom is 0.337 e. The highest BCUT2D eigenvalue weighted by Crippen LogP contribution is 2.30. The van der Waals surface area contributed by atoms with E-state index in [1.54, 1.807) is 12.1 Å². The molecule has 0 amide bonds. The van der Waals surface area contributed by atoms with Gasteiger partial charge in [-0.2, -0.15) is 0 Å². The number of aromatic nitrogens is 1. The number of pyridine rings is 1. The Labute approximate surface area is 106 Å². The van der Waals surface area contributed by atoms with E-state index in [4.69, 9.17) is 5.11 Å². The van der Waals surface area contributed by atoms with Gasteiger partial charge in [0.25, 0.3) is 0 Å². The average Bonchev–Trinajstić information content (AvgIpc) is 3.11. The predicted octanol–water partition coefficient (Wildman–Crippen LogP) is 1.43. The first-order valence-electron chi connectivity index (χ1n) is 6.42. The summed E-state index contributed by atoms with van der Waals surface area (Å²) in [7, 11) is 0. The zero-order valence-electron chi connectivity index (χ0n) is 10.2. The zero-order chi connectivity index (χ0) is 12.5. The van der Waals surface area contributed by atoms with E-state index in [0.29, 0.717) is 6.04 Å². The molecule has 2 aliphatic rings. The molecule has 18 heavy (non-hydrogen) atoms. The summed E-state index contributed by atoms with van der Waals surface area (Å²) in [6, 6.07) is 4.59. The van der Waals surface area contributed by atoms with E-state index in [1.807, 2.05) is 0 Å². The number of carboxylic acids is 1. The third kappa shape index (κ3) is 2.46. The Balaban J connectivity index is 1.57. The van der Waals surface area contributed by atoms with Crippen molar-refractivity contribution in [3.8, 4) is 0 Å². The average molecular weight is 247 g/mol. The van der Waals surface area contributed by atoms with Gasteiger partial charge in [0, 0.05) is 31.4 Å². The van der Waals surface area contributed by atoms with E-state index in [0.717, 1.165) is 31.4 Å². The number of nitrogens with zero attached hydrogens (tertiary/aromatic N) is 2. The molecule has 2 fully saturated rings. The maximum absolute atomic E-state index is 10.7. The van der Waals surface area contributed by atoms with Crippen LogP contribution in [0.1, 0.15) is 29.6 Å². The van der Waals surface area contributed by atoms with Crippen molar-refractivity contribution in [3.05, 3.63) is 23.9 Å². The van der Waals surface area contributed by atoms with E-state index in [1.165, 1.54) is 19.0 Å². The van der Waals surface area contributed by atoms with Gasteiger partial charge < -0.3 is 10.4 Å². The van der Waals surface area contributed by atoms with Crippen LogP contribution in [0, 0.1) is 0 Å². The molecule has 1 atom stereocenters. The molecule has 1 aliphatic carbocycles. The summed E-state index contributed by atoms with van der Waals surface area (Å²) in [6.45, 7) is 2.24. The number of hydrogen-bond acceptors (Lipinski definition) is 4. The topological polar surface area (TPSA) is 65.5 Å². The van der Waals surface area contributed by atoms with Crippen LogP contribution < -0.4 is 5.32 Å². The van der Waals surface area contributed by atoms with E-state index in [-0.39, 0.29) is 5.56 Å². The lowest BCUT2D eigenvalue weighted by Gasteiger charge is -2.16. The molecule has 1 aromatic heterocycles. The molecule has 1 aliphatic heterocycles. The van der Waals surface area contributed by atoms with Gasteiger partial charge in [-0.15, -0.1) is 0 Å². The second-order valence-corrected chi connectivity index (χ2v) is 5.09. The Morgan fingerprint density at radius 2 is 2.22 bits per heavy atom. The molecule has 1 unspecified atom stereocenters. The summed E-state index contributed by atoms with van der Waals surface area (Å²) in [5.74, 6) is -0.169. The molecule has 0 bridgehead atoms. The largest absolute Gasteiger partial charge is 0.478 e. The van der Waals surface area contributed by atoms with E-state index in [9.17, 15) is 4.79 Å². The second-order valence-electron chi connectivity index (χ2n) is 5.09. The van der Waals surface area contributed by atoms with Gasteiger partial charge in [-0.1, -0.05) is 0 Å². The third-order valence-corrected chi connectivity index (χ3v) is 3.65. The quantitative estimate of drug-likeness (QED) is 0.842. The van der Waals surface area contributed by atoms with Crippen molar-refractivity contribution in [3.63, 3.8) is 0 Å². The predicted molar refractivity (Wildman–Crippen MR) is 67.8 cm³/mol. The molecular weight excluding hydrogens is 230 g/mol. The Bertz CT molecular complexity index is 442. The summed E-state index contributed by atoms with van der Waals surface area (Å²) in [4.78, 5) is 17.4. The van der Waals surface area contributed by atoms with Gasteiger partial charge in [-0.05, 0) is 31.4 Å². The number of aromatic carboxylic acids is 1. The van der Waals surface area contributed by atoms with Crippen LogP contribution in [-0.4, -0.2) is 46.1 Å². The summed E-state index contributed by atoms with van der Waals surface area (Å²) in [5.41, 5.74) is 0.228. The number of anilines is 1. The number of likely N-dealkylation sites (tertiary alicyclic amines) is 1. The van der Waals surface area contributed by atoms with Crippen molar-refractivity contribution >= 4 is 11.8 Å². The van der Waals surface area contributed by atoms with Crippen molar-refractivity contribution in [2.24, 2.45) is 0 Å². The number of hydrogen-bond donors (Lipinski definition) is 2. The van der Waals surface area contributed by atoms with Gasteiger partial charge in [-0.3, -0.25) is 4.90 Å². The highest BCUT2D eigenvalue weighted by atomic mass is 16.4. The molecule has 2 heterocycles. The lowest BCUT2D eigenvalue weighted by atomic mass is 10.2. The van der Waals surface area contributed by atoms with Crippen molar-refractivity contribution in [2.45, 2.75) is 31.3 Å². The SMILES string of the molecule is O=C(O)c1ccc(NC2CCN(C3CC3)C2)nc1. The highest BCUT2D eigenvalue weighted by molar-refractivity contribution is 5.87. The molecule has 1 aromatic rings. The van der Waals surface area contributed by atoms with E-state index < -0.39 is 5.97 Å². The minimum atomic E-state index is -0.935. The summed E-state index contributed by atoms with van der Waals surface area (Å²) in [6.07, 6.45) is 5.23. The minimum Gasteiger partial charge on any atom is -0.478 e. The van der Waals surface area contributed by atoms with Gasteiger partial charge in [-0.25, -0.2) is 9.78 Å². The molecule has 0 spiro atoms. The van der Waals surface area contributed by atoms with Crippen LogP contribution in [-0.2, 0) is 0 Å². The molecule has 2 N–H and O–H groups in total. The van der Waals surface area contributed by atoms with Crippen molar-refractivity contribution < 1.29 is 9.90 Å². The van der Waals surface area contributed by atoms with Crippen LogP contribution in [0.4, 0.5) is 5.82 Å². The van der Waals surface area contributed by atoms with E-state index >= 15 is 0 Å². The van der Waals surface area contributed by atoms with Gasteiger partial charge in [0.15, 0.2) is 0 Å². The molecule has 0 aromatic carbocycles. The third-order valence-electron chi connectivity index (χ3n) is 3.65.